The zero-order valence-corrected chi connectivity index (χ0v) is 15.9. The first-order valence-electron chi connectivity index (χ1n) is 9.20. The highest BCUT2D eigenvalue weighted by molar-refractivity contribution is 6.46. The van der Waals surface area contributed by atoms with Gasteiger partial charge in [-0.15, -0.1) is 0 Å². The van der Waals surface area contributed by atoms with Gasteiger partial charge < -0.3 is 14.4 Å². The van der Waals surface area contributed by atoms with E-state index in [0.29, 0.717) is 5.76 Å². The van der Waals surface area contributed by atoms with Crippen molar-refractivity contribution < 1.29 is 27.9 Å². The van der Waals surface area contributed by atoms with Crippen LogP contribution in [0.25, 0.3) is 5.76 Å². The first-order chi connectivity index (χ1) is 14.4. The highest BCUT2D eigenvalue weighted by Gasteiger charge is 2.47. The summed E-state index contributed by atoms with van der Waals surface area (Å²) in [5.41, 5.74) is 0.212. The predicted octanol–water partition coefficient (Wildman–Crippen LogP) is 4.49. The molecule has 0 bridgehead atoms. The van der Waals surface area contributed by atoms with E-state index in [9.17, 15) is 23.5 Å². The second-order valence-electron chi connectivity index (χ2n) is 6.99. The van der Waals surface area contributed by atoms with Crippen molar-refractivity contribution in [3.8, 4) is 0 Å². The van der Waals surface area contributed by atoms with Gasteiger partial charge in [0.15, 0.2) is 0 Å². The van der Waals surface area contributed by atoms with Crippen LogP contribution in [0.1, 0.15) is 28.5 Å². The highest BCUT2D eigenvalue weighted by atomic mass is 19.1. The minimum absolute atomic E-state index is 0.0589. The molecule has 1 aromatic heterocycles. The molecule has 0 saturated carbocycles. The van der Waals surface area contributed by atoms with E-state index in [1.807, 2.05) is 0 Å². The van der Waals surface area contributed by atoms with Gasteiger partial charge in [0.1, 0.15) is 23.2 Å². The number of likely N-dealkylation sites (tertiary alicyclic amines) is 1. The normalized spacial score (nSPS) is 18.2. The van der Waals surface area contributed by atoms with Crippen LogP contribution in [0.4, 0.5) is 8.78 Å². The van der Waals surface area contributed by atoms with Gasteiger partial charge in [0.25, 0.3) is 11.7 Å². The monoisotopic (exact) mass is 409 g/mol. The number of amides is 1. The zero-order chi connectivity index (χ0) is 21.4. The van der Waals surface area contributed by atoms with Crippen molar-refractivity contribution in [1.29, 1.82) is 0 Å². The molecule has 152 valence electrons. The molecule has 7 heteroatoms. The molecule has 1 unspecified atom stereocenters. The molecule has 1 fully saturated rings. The van der Waals surface area contributed by atoms with Crippen molar-refractivity contribution in [2.24, 2.45) is 0 Å². The molecule has 1 aliphatic heterocycles. The number of halogens is 2. The number of aliphatic hydroxyl groups excluding tert-OH is 1. The smallest absolute Gasteiger partial charge is 0.296 e. The average Bonchev–Trinajstić information content (AvgIpc) is 3.32. The summed E-state index contributed by atoms with van der Waals surface area (Å²) in [4.78, 5) is 26.8. The Morgan fingerprint density at radius 2 is 1.83 bits per heavy atom. The van der Waals surface area contributed by atoms with Gasteiger partial charge in [0, 0.05) is 11.1 Å². The second kappa shape index (κ2) is 7.59. The fraction of sp³-hybridized carbons (Fsp3) is 0.130. The molecule has 0 aliphatic carbocycles. The van der Waals surface area contributed by atoms with Gasteiger partial charge in [-0.2, -0.15) is 0 Å². The van der Waals surface area contributed by atoms with E-state index in [2.05, 4.69) is 0 Å². The summed E-state index contributed by atoms with van der Waals surface area (Å²) in [5, 5.41) is 10.9. The fourth-order valence-electron chi connectivity index (χ4n) is 3.58. The predicted molar refractivity (Wildman–Crippen MR) is 104 cm³/mol. The molecule has 2 aromatic carbocycles. The van der Waals surface area contributed by atoms with E-state index >= 15 is 0 Å². The van der Waals surface area contributed by atoms with Crippen LogP contribution in [0.5, 0.6) is 0 Å². The van der Waals surface area contributed by atoms with Gasteiger partial charge in [0.2, 0.25) is 0 Å². The summed E-state index contributed by atoms with van der Waals surface area (Å²) < 4.78 is 33.6. The van der Waals surface area contributed by atoms with Gasteiger partial charge in [-0.25, -0.2) is 8.78 Å². The van der Waals surface area contributed by atoms with E-state index in [-0.39, 0.29) is 28.8 Å². The number of benzene rings is 2. The van der Waals surface area contributed by atoms with Crippen LogP contribution in [0.15, 0.2) is 70.9 Å². The van der Waals surface area contributed by atoms with Crippen LogP contribution in [-0.4, -0.2) is 21.7 Å². The van der Waals surface area contributed by atoms with Crippen molar-refractivity contribution in [3.05, 3.63) is 101 Å². The van der Waals surface area contributed by atoms with E-state index in [0.717, 1.165) is 11.0 Å². The van der Waals surface area contributed by atoms with Crippen molar-refractivity contribution in [3.63, 3.8) is 0 Å². The fourth-order valence-corrected chi connectivity index (χ4v) is 3.58. The number of nitrogens with zero attached hydrogens (tertiary/aromatic N) is 1. The molecule has 3 aromatic rings. The Labute approximate surface area is 170 Å². The topological polar surface area (TPSA) is 70.8 Å². The molecule has 4 rings (SSSR count). The molecule has 1 amide bonds. The standard InChI is InChI=1S/C23H17F2NO4/c1-13-11-14(8-9-17(13)24)21(27)19-20(16-6-2-3-7-18(16)25)26(23(29)22(19)28)12-15-5-4-10-30-15/h2-11,20,27H,12H2,1H3/b21-19+. The maximum Gasteiger partial charge on any atom is 0.296 e. The third kappa shape index (κ3) is 3.28. The first-order valence-corrected chi connectivity index (χ1v) is 9.20. The van der Waals surface area contributed by atoms with Gasteiger partial charge in [-0.1, -0.05) is 18.2 Å². The highest BCUT2D eigenvalue weighted by Crippen LogP contribution is 2.41. The van der Waals surface area contributed by atoms with Crippen molar-refractivity contribution in [2.75, 3.05) is 0 Å². The Morgan fingerprint density at radius 1 is 1.07 bits per heavy atom. The Morgan fingerprint density at radius 3 is 2.50 bits per heavy atom. The third-order valence-corrected chi connectivity index (χ3v) is 5.08. The van der Waals surface area contributed by atoms with Crippen LogP contribution < -0.4 is 0 Å². The lowest BCUT2D eigenvalue weighted by atomic mass is 9.94. The first kappa shape index (κ1) is 19.6. The maximum absolute atomic E-state index is 14.7. The number of rotatable bonds is 4. The Bertz CT molecular complexity index is 1170. The van der Waals surface area contributed by atoms with Gasteiger partial charge >= 0.3 is 0 Å². The molecule has 1 atom stereocenters. The molecule has 0 spiro atoms. The number of ketones is 1. The lowest BCUT2D eigenvalue weighted by molar-refractivity contribution is -0.140. The van der Waals surface area contributed by atoms with Crippen molar-refractivity contribution in [2.45, 2.75) is 19.5 Å². The van der Waals surface area contributed by atoms with Crippen LogP contribution in [0, 0.1) is 18.6 Å². The summed E-state index contributed by atoms with van der Waals surface area (Å²) >= 11 is 0. The largest absolute Gasteiger partial charge is 0.507 e. The lowest BCUT2D eigenvalue weighted by Gasteiger charge is -2.24. The quantitative estimate of drug-likeness (QED) is 0.392. The maximum atomic E-state index is 14.7. The van der Waals surface area contributed by atoms with Crippen LogP contribution in [-0.2, 0) is 16.1 Å². The lowest BCUT2D eigenvalue weighted by Crippen LogP contribution is -2.29. The van der Waals surface area contributed by atoms with Gasteiger partial charge in [0.05, 0.1) is 24.4 Å². The molecule has 30 heavy (non-hydrogen) atoms. The summed E-state index contributed by atoms with van der Waals surface area (Å²) in [6.07, 6.45) is 1.42. The molecule has 0 radical (unpaired) electrons. The third-order valence-electron chi connectivity index (χ3n) is 5.08. The minimum Gasteiger partial charge on any atom is -0.507 e. The van der Waals surface area contributed by atoms with Crippen molar-refractivity contribution in [1.82, 2.24) is 4.90 Å². The van der Waals surface area contributed by atoms with Crippen LogP contribution in [0.3, 0.4) is 0 Å². The number of Topliss-reactive ketones (excluding diaryl/α,β-unsaturated/α-hetero) is 1. The Balaban J connectivity index is 1.90. The number of hydrogen-bond acceptors (Lipinski definition) is 4. The number of aliphatic hydroxyl groups is 1. The van der Waals surface area contributed by atoms with Gasteiger partial charge in [-0.3, -0.25) is 9.59 Å². The average molecular weight is 409 g/mol. The Kier molecular flexibility index (Phi) is 4.95. The number of carbonyl (C=O) groups is 2. The SMILES string of the molecule is Cc1cc(/C(O)=C2\C(=O)C(=O)N(Cc3ccco3)C2c2ccccc2F)ccc1F. The molecule has 1 saturated heterocycles. The summed E-state index contributed by atoms with van der Waals surface area (Å²) in [6.45, 7) is 1.42. The molecular formula is C23H17F2NO4. The van der Waals surface area contributed by atoms with Crippen LogP contribution >= 0.6 is 0 Å². The number of aryl methyl sites for hydroxylation is 1. The van der Waals surface area contributed by atoms with E-state index in [1.165, 1.54) is 43.5 Å². The molecular weight excluding hydrogens is 392 g/mol. The summed E-state index contributed by atoms with van der Waals surface area (Å²) in [5.74, 6) is -3.04. The van der Waals surface area contributed by atoms with E-state index in [1.54, 1.807) is 18.2 Å². The molecule has 1 aliphatic rings. The summed E-state index contributed by atoms with van der Waals surface area (Å²) in [6, 6.07) is 11.6. The zero-order valence-electron chi connectivity index (χ0n) is 15.9. The summed E-state index contributed by atoms with van der Waals surface area (Å²) in [7, 11) is 0. The minimum atomic E-state index is -1.17. The van der Waals surface area contributed by atoms with E-state index in [4.69, 9.17) is 4.42 Å². The number of carbonyl (C=O) groups excluding carboxylic acids is 2. The Hall–Kier alpha value is -3.74. The number of hydrogen-bond donors (Lipinski definition) is 1. The van der Waals surface area contributed by atoms with Gasteiger partial charge in [-0.05, 0) is 48.9 Å². The number of furan rings is 1. The molecule has 2 heterocycles. The van der Waals surface area contributed by atoms with Crippen molar-refractivity contribution >= 4 is 17.4 Å². The molecule has 5 nitrogen and oxygen atoms in total. The second-order valence-corrected chi connectivity index (χ2v) is 6.99. The van der Waals surface area contributed by atoms with E-state index < -0.39 is 35.1 Å². The van der Waals surface area contributed by atoms with Crippen LogP contribution in [0.2, 0.25) is 0 Å². The molecule has 1 N–H and O–H groups in total.